The highest BCUT2D eigenvalue weighted by atomic mass is 16.6. The molecule has 4 heteroatoms. The van der Waals surface area contributed by atoms with E-state index in [1.807, 2.05) is 73.7 Å². The maximum atomic E-state index is 12.1. The fourth-order valence-electron chi connectivity index (χ4n) is 2.38. The normalized spacial score (nSPS) is 12.8. The second-order valence-corrected chi connectivity index (χ2v) is 5.92. The lowest BCUT2D eigenvalue weighted by Gasteiger charge is -2.24. The smallest absolute Gasteiger partial charge is 0.409 e. The Kier molecular flexibility index (Phi) is 7.73. The number of ether oxygens (including phenoxy) is 2. The molecule has 132 valence electrons. The Morgan fingerprint density at radius 2 is 1.60 bits per heavy atom. The summed E-state index contributed by atoms with van der Waals surface area (Å²) in [7, 11) is 0. The Hall–Kier alpha value is -2.59. The number of carbonyl (C=O) groups excluding carboxylic acids is 1. The first kappa shape index (κ1) is 18.7. The molecule has 0 radical (unpaired) electrons. The van der Waals surface area contributed by atoms with Crippen LogP contribution in [-0.4, -0.2) is 12.3 Å². The third kappa shape index (κ3) is 6.81. The molecule has 4 nitrogen and oxygen atoms in total. The maximum absolute atomic E-state index is 12.1. The first-order valence-electron chi connectivity index (χ1n) is 8.42. The summed E-state index contributed by atoms with van der Waals surface area (Å²) >= 11 is 0. The van der Waals surface area contributed by atoms with Crippen molar-refractivity contribution in [1.82, 2.24) is 5.32 Å². The molecule has 0 aliphatic carbocycles. The van der Waals surface area contributed by atoms with Gasteiger partial charge in [0.2, 0.25) is 0 Å². The molecule has 0 fully saturated rings. The van der Waals surface area contributed by atoms with E-state index in [4.69, 9.17) is 9.47 Å². The molecular formula is C21H25NO3. The quantitative estimate of drug-likeness (QED) is 0.533. The van der Waals surface area contributed by atoms with Crippen LogP contribution in [0.1, 0.15) is 24.5 Å². The van der Waals surface area contributed by atoms with Gasteiger partial charge < -0.3 is 9.47 Å². The number of carbonyl (C=O) groups is 1. The fourth-order valence-corrected chi connectivity index (χ4v) is 2.38. The molecule has 2 atom stereocenters. The number of allylic oxidation sites excluding steroid dienone is 1. The van der Waals surface area contributed by atoms with E-state index in [-0.39, 0.29) is 12.5 Å². The van der Waals surface area contributed by atoms with Gasteiger partial charge in [-0.25, -0.2) is 4.79 Å². The number of benzene rings is 2. The predicted molar refractivity (Wildman–Crippen MR) is 98.8 cm³/mol. The molecule has 2 unspecified atom stereocenters. The Morgan fingerprint density at radius 1 is 1.04 bits per heavy atom. The van der Waals surface area contributed by atoms with E-state index in [2.05, 4.69) is 11.9 Å². The topological polar surface area (TPSA) is 47.6 Å². The Bertz CT molecular complexity index is 643. The summed E-state index contributed by atoms with van der Waals surface area (Å²) in [6.45, 7) is 6.42. The molecule has 2 aromatic carbocycles. The van der Waals surface area contributed by atoms with Gasteiger partial charge in [-0.15, -0.1) is 6.58 Å². The van der Waals surface area contributed by atoms with Crippen molar-refractivity contribution in [1.29, 1.82) is 0 Å². The standard InChI is InChI=1S/C21H25NO3/c1-3-10-17(2)20(24-15-18-11-6-4-7-12-18)22-21(23)25-16-19-13-8-5-9-14-19/h3-9,11-14,17,20H,1,10,15-16H2,2H3,(H,22,23). The molecule has 0 aromatic heterocycles. The maximum Gasteiger partial charge on any atom is 0.409 e. The second-order valence-electron chi connectivity index (χ2n) is 5.92. The van der Waals surface area contributed by atoms with Crippen LogP contribution in [0, 0.1) is 5.92 Å². The van der Waals surface area contributed by atoms with Gasteiger partial charge in [-0.1, -0.05) is 73.7 Å². The Balaban J connectivity index is 1.88. The summed E-state index contributed by atoms with van der Waals surface area (Å²) in [5.74, 6) is 0.0884. The van der Waals surface area contributed by atoms with Crippen molar-refractivity contribution in [3.8, 4) is 0 Å². The zero-order valence-electron chi connectivity index (χ0n) is 14.6. The zero-order chi connectivity index (χ0) is 17.9. The summed E-state index contributed by atoms with van der Waals surface area (Å²) in [5.41, 5.74) is 2.00. The van der Waals surface area contributed by atoms with Gasteiger partial charge in [0.15, 0.2) is 0 Å². The number of alkyl carbamates (subject to hydrolysis) is 1. The van der Waals surface area contributed by atoms with Crippen molar-refractivity contribution in [3.63, 3.8) is 0 Å². The lowest BCUT2D eigenvalue weighted by Crippen LogP contribution is -2.41. The van der Waals surface area contributed by atoms with Gasteiger partial charge in [0.1, 0.15) is 12.8 Å². The minimum absolute atomic E-state index is 0.0884. The summed E-state index contributed by atoms with van der Waals surface area (Å²) in [5, 5.41) is 2.81. The van der Waals surface area contributed by atoms with Gasteiger partial charge in [0.05, 0.1) is 6.61 Å². The molecule has 1 N–H and O–H groups in total. The molecule has 25 heavy (non-hydrogen) atoms. The number of nitrogens with one attached hydrogen (secondary N) is 1. The summed E-state index contributed by atoms with van der Waals surface area (Å²) < 4.78 is 11.2. The van der Waals surface area contributed by atoms with E-state index < -0.39 is 12.3 Å². The van der Waals surface area contributed by atoms with Crippen molar-refractivity contribution < 1.29 is 14.3 Å². The molecular weight excluding hydrogens is 314 g/mol. The van der Waals surface area contributed by atoms with Crippen LogP contribution in [-0.2, 0) is 22.7 Å². The SMILES string of the molecule is C=CCC(C)C(NC(=O)OCc1ccccc1)OCc1ccccc1. The van der Waals surface area contributed by atoms with Crippen LogP contribution in [0.2, 0.25) is 0 Å². The average Bonchev–Trinajstić information content (AvgIpc) is 2.65. The molecule has 0 bridgehead atoms. The lowest BCUT2D eigenvalue weighted by atomic mass is 10.1. The van der Waals surface area contributed by atoms with Crippen molar-refractivity contribution >= 4 is 6.09 Å². The number of hydrogen-bond acceptors (Lipinski definition) is 3. The molecule has 2 aromatic rings. The monoisotopic (exact) mass is 339 g/mol. The summed E-state index contributed by atoms with van der Waals surface area (Å²) in [6, 6.07) is 19.4. The van der Waals surface area contributed by atoms with Crippen molar-refractivity contribution in [3.05, 3.63) is 84.4 Å². The highest BCUT2D eigenvalue weighted by Gasteiger charge is 2.20. The first-order chi connectivity index (χ1) is 12.2. The first-order valence-corrected chi connectivity index (χ1v) is 8.42. The van der Waals surface area contributed by atoms with Crippen molar-refractivity contribution in [2.24, 2.45) is 5.92 Å². The van der Waals surface area contributed by atoms with Crippen molar-refractivity contribution in [2.45, 2.75) is 32.8 Å². The third-order valence-electron chi connectivity index (χ3n) is 3.80. The molecule has 0 heterocycles. The Morgan fingerprint density at radius 3 is 2.16 bits per heavy atom. The molecule has 0 aliphatic heterocycles. The number of amides is 1. The van der Waals surface area contributed by atoms with Crippen LogP contribution in [0.15, 0.2) is 73.3 Å². The van der Waals surface area contributed by atoms with Crippen LogP contribution >= 0.6 is 0 Å². The number of hydrogen-bond donors (Lipinski definition) is 1. The van der Waals surface area contributed by atoms with E-state index in [1.165, 1.54) is 0 Å². The van der Waals surface area contributed by atoms with Gasteiger partial charge in [-0.05, 0) is 17.5 Å². The minimum atomic E-state index is -0.488. The van der Waals surface area contributed by atoms with Crippen LogP contribution in [0.5, 0.6) is 0 Å². The lowest BCUT2D eigenvalue weighted by molar-refractivity contribution is -0.0164. The molecule has 2 rings (SSSR count). The van der Waals surface area contributed by atoms with Crippen molar-refractivity contribution in [2.75, 3.05) is 0 Å². The number of rotatable bonds is 9. The fraction of sp³-hybridized carbons (Fsp3) is 0.286. The van der Waals surface area contributed by atoms with Gasteiger partial charge in [-0.3, -0.25) is 5.32 Å². The molecule has 0 aliphatic rings. The van der Waals surface area contributed by atoms with Gasteiger partial charge in [0.25, 0.3) is 0 Å². The van der Waals surface area contributed by atoms with E-state index in [9.17, 15) is 4.79 Å². The van der Waals surface area contributed by atoms with Crippen LogP contribution in [0.4, 0.5) is 4.79 Å². The van der Waals surface area contributed by atoms with Crippen LogP contribution in [0.3, 0.4) is 0 Å². The van der Waals surface area contributed by atoms with E-state index in [0.29, 0.717) is 6.61 Å². The van der Waals surface area contributed by atoms with E-state index in [0.717, 1.165) is 17.5 Å². The second kappa shape index (κ2) is 10.3. The summed E-state index contributed by atoms with van der Waals surface area (Å²) in [6.07, 6.45) is 1.62. The highest BCUT2D eigenvalue weighted by molar-refractivity contribution is 5.67. The van der Waals surface area contributed by atoms with Gasteiger partial charge in [-0.2, -0.15) is 0 Å². The minimum Gasteiger partial charge on any atom is -0.445 e. The molecule has 0 saturated heterocycles. The Labute approximate surface area is 149 Å². The molecule has 0 spiro atoms. The van der Waals surface area contributed by atoms with Gasteiger partial charge in [0, 0.05) is 5.92 Å². The predicted octanol–water partition coefficient (Wildman–Crippen LogP) is 4.67. The van der Waals surface area contributed by atoms with Crippen LogP contribution < -0.4 is 5.32 Å². The van der Waals surface area contributed by atoms with E-state index in [1.54, 1.807) is 0 Å². The highest BCUT2D eigenvalue weighted by Crippen LogP contribution is 2.13. The molecule has 1 amide bonds. The summed E-state index contributed by atoms with van der Waals surface area (Å²) in [4.78, 5) is 12.1. The van der Waals surface area contributed by atoms with Gasteiger partial charge >= 0.3 is 6.09 Å². The zero-order valence-corrected chi connectivity index (χ0v) is 14.6. The van der Waals surface area contributed by atoms with E-state index >= 15 is 0 Å². The largest absolute Gasteiger partial charge is 0.445 e. The van der Waals surface area contributed by atoms with Crippen LogP contribution in [0.25, 0.3) is 0 Å². The average molecular weight is 339 g/mol. The molecule has 0 saturated carbocycles. The third-order valence-corrected chi connectivity index (χ3v) is 3.80.